The van der Waals surface area contributed by atoms with Gasteiger partial charge >= 0.3 is 0 Å². The van der Waals surface area contributed by atoms with Crippen LogP contribution in [0.3, 0.4) is 0 Å². The number of ether oxygens (including phenoxy) is 1. The Morgan fingerprint density at radius 1 is 1.44 bits per heavy atom. The van der Waals surface area contributed by atoms with Crippen LogP contribution < -0.4 is 10.5 Å². The third kappa shape index (κ3) is 1.72. The molecule has 2 rings (SSSR count). The van der Waals surface area contributed by atoms with Crippen molar-refractivity contribution < 1.29 is 18.6 Å². The summed E-state index contributed by atoms with van der Waals surface area (Å²) in [6.45, 7) is -2.48. The summed E-state index contributed by atoms with van der Waals surface area (Å²) in [5, 5.41) is 18.7. The lowest BCUT2D eigenvalue weighted by molar-refractivity contribution is -0.160. The Kier molecular flexibility index (Phi) is 2.97. The molecule has 0 saturated carbocycles. The number of benzene rings is 1. The van der Waals surface area contributed by atoms with Gasteiger partial charge in [0.2, 0.25) is 5.60 Å². The van der Waals surface area contributed by atoms with Crippen LogP contribution in [-0.4, -0.2) is 29.8 Å². The summed E-state index contributed by atoms with van der Waals surface area (Å²) in [4.78, 5) is 0. The number of hydrogen-bond donors (Lipinski definition) is 2. The topological polar surface area (TPSA) is 79.3 Å². The van der Waals surface area contributed by atoms with Crippen molar-refractivity contribution in [1.82, 2.24) is 0 Å². The summed E-state index contributed by atoms with van der Waals surface area (Å²) in [5.74, 6) is 0.236. The molecule has 0 aromatic heterocycles. The SMILES string of the molecule is N#Cc1ccc2c(c1)CC(N)(O)C(CF)(CF)O2. The first-order chi connectivity index (χ1) is 8.48. The first kappa shape index (κ1) is 12.7. The highest BCUT2D eigenvalue weighted by Crippen LogP contribution is 2.38. The van der Waals surface area contributed by atoms with E-state index in [1.807, 2.05) is 6.07 Å². The van der Waals surface area contributed by atoms with Gasteiger partial charge in [-0.25, -0.2) is 8.78 Å². The van der Waals surface area contributed by atoms with Gasteiger partial charge in [-0.15, -0.1) is 0 Å². The minimum atomic E-state index is -2.16. The second-order valence-corrected chi connectivity index (χ2v) is 4.40. The van der Waals surface area contributed by atoms with E-state index in [2.05, 4.69) is 0 Å². The fourth-order valence-corrected chi connectivity index (χ4v) is 1.96. The fraction of sp³-hybridized carbons (Fsp3) is 0.417. The van der Waals surface area contributed by atoms with Gasteiger partial charge in [0.25, 0.3) is 0 Å². The van der Waals surface area contributed by atoms with Crippen LogP contribution in [0.15, 0.2) is 18.2 Å². The maximum Gasteiger partial charge on any atom is 0.207 e. The number of nitrogens with two attached hydrogens (primary N) is 1. The minimum Gasteiger partial charge on any atom is -0.477 e. The van der Waals surface area contributed by atoms with Crippen LogP contribution in [0, 0.1) is 11.3 Å². The maximum atomic E-state index is 13.0. The lowest BCUT2D eigenvalue weighted by Crippen LogP contribution is -2.69. The molecule has 1 aliphatic heterocycles. The zero-order chi connectivity index (χ0) is 13.4. The van der Waals surface area contributed by atoms with Gasteiger partial charge in [-0.05, 0) is 23.8 Å². The fourth-order valence-electron chi connectivity index (χ4n) is 1.96. The molecule has 1 aliphatic rings. The van der Waals surface area contributed by atoms with Gasteiger partial charge in [-0.3, -0.25) is 5.73 Å². The van der Waals surface area contributed by atoms with E-state index in [9.17, 15) is 13.9 Å². The summed E-state index contributed by atoms with van der Waals surface area (Å²) >= 11 is 0. The highest BCUT2D eigenvalue weighted by Gasteiger charge is 2.54. The molecule has 1 aromatic carbocycles. The van der Waals surface area contributed by atoms with E-state index >= 15 is 0 Å². The Hall–Kier alpha value is -1.71. The Morgan fingerprint density at radius 2 is 2.11 bits per heavy atom. The first-order valence-electron chi connectivity index (χ1n) is 5.33. The summed E-state index contributed by atoms with van der Waals surface area (Å²) < 4.78 is 31.2. The van der Waals surface area contributed by atoms with Crippen molar-refractivity contribution in [2.24, 2.45) is 5.73 Å². The van der Waals surface area contributed by atoms with Crippen LogP contribution in [0.25, 0.3) is 0 Å². The standard InChI is InChI=1S/C12H12F2N2O2/c13-6-11(7-14)12(16,17)4-9-3-8(5-15)1-2-10(9)18-11/h1-3,17H,4,6-7,16H2. The lowest BCUT2D eigenvalue weighted by atomic mass is 9.84. The number of aliphatic hydroxyl groups is 1. The number of alkyl halides is 2. The molecule has 1 heterocycles. The van der Waals surface area contributed by atoms with Crippen molar-refractivity contribution in [2.45, 2.75) is 17.7 Å². The van der Waals surface area contributed by atoms with Crippen LogP contribution in [0.1, 0.15) is 11.1 Å². The number of halogens is 2. The Labute approximate surface area is 103 Å². The maximum absolute atomic E-state index is 13.0. The summed E-state index contributed by atoms with van der Waals surface area (Å²) in [5.41, 5.74) is 2.13. The van der Waals surface area contributed by atoms with Gasteiger partial charge in [-0.2, -0.15) is 5.26 Å². The monoisotopic (exact) mass is 254 g/mol. The molecule has 0 saturated heterocycles. The molecule has 0 amide bonds. The second kappa shape index (κ2) is 4.19. The highest BCUT2D eigenvalue weighted by molar-refractivity contribution is 5.45. The molecule has 1 atom stereocenters. The molecular formula is C12H12F2N2O2. The third-order valence-electron chi connectivity index (χ3n) is 3.18. The largest absolute Gasteiger partial charge is 0.477 e. The Bertz CT molecular complexity index is 507. The normalized spacial score (nSPS) is 24.8. The lowest BCUT2D eigenvalue weighted by Gasteiger charge is -2.45. The second-order valence-electron chi connectivity index (χ2n) is 4.40. The van der Waals surface area contributed by atoms with Crippen molar-refractivity contribution in [2.75, 3.05) is 13.3 Å². The summed E-state index contributed by atoms with van der Waals surface area (Å²) in [7, 11) is 0. The van der Waals surface area contributed by atoms with E-state index in [-0.39, 0.29) is 12.2 Å². The van der Waals surface area contributed by atoms with Crippen LogP contribution >= 0.6 is 0 Å². The van der Waals surface area contributed by atoms with E-state index < -0.39 is 24.7 Å². The van der Waals surface area contributed by atoms with E-state index in [4.69, 9.17) is 15.7 Å². The molecule has 0 fully saturated rings. The van der Waals surface area contributed by atoms with Crippen molar-refractivity contribution >= 4 is 0 Å². The average molecular weight is 254 g/mol. The van der Waals surface area contributed by atoms with Gasteiger partial charge in [-0.1, -0.05) is 0 Å². The van der Waals surface area contributed by atoms with Crippen LogP contribution in [0.2, 0.25) is 0 Å². The van der Waals surface area contributed by atoms with Crippen LogP contribution in [0.5, 0.6) is 5.75 Å². The van der Waals surface area contributed by atoms with Crippen molar-refractivity contribution in [1.29, 1.82) is 5.26 Å². The number of nitrogens with zero attached hydrogens (tertiary/aromatic N) is 1. The number of nitriles is 1. The molecule has 6 heteroatoms. The molecule has 0 bridgehead atoms. The highest BCUT2D eigenvalue weighted by atomic mass is 19.1. The molecule has 4 nitrogen and oxygen atoms in total. The van der Waals surface area contributed by atoms with Gasteiger partial charge < -0.3 is 9.84 Å². The van der Waals surface area contributed by atoms with E-state index in [1.54, 1.807) is 0 Å². The number of hydrogen-bond acceptors (Lipinski definition) is 4. The molecule has 0 spiro atoms. The number of rotatable bonds is 2. The Morgan fingerprint density at radius 3 is 2.67 bits per heavy atom. The molecular weight excluding hydrogens is 242 g/mol. The van der Waals surface area contributed by atoms with E-state index in [1.165, 1.54) is 18.2 Å². The van der Waals surface area contributed by atoms with Gasteiger partial charge in [0, 0.05) is 6.42 Å². The Balaban J connectivity index is 2.49. The minimum absolute atomic E-state index is 0.175. The summed E-state index contributed by atoms with van der Waals surface area (Å²) in [6, 6.07) is 6.33. The zero-order valence-electron chi connectivity index (χ0n) is 9.49. The molecule has 0 aliphatic carbocycles. The van der Waals surface area contributed by atoms with E-state index in [0.29, 0.717) is 11.1 Å². The zero-order valence-corrected chi connectivity index (χ0v) is 9.49. The van der Waals surface area contributed by atoms with Crippen molar-refractivity contribution in [3.8, 4) is 11.8 Å². The van der Waals surface area contributed by atoms with Crippen LogP contribution in [0.4, 0.5) is 8.78 Å². The quantitative estimate of drug-likeness (QED) is 0.766. The average Bonchev–Trinajstić information content (AvgIpc) is 2.36. The molecule has 3 N–H and O–H groups in total. The number of fused-ring (bicyclic) bond motifs is 1. The predicted octanol–water partition coefficient (Wildman–Crippen LogP) is 0.818. The molecule has 1 aromatic rings. The first-order valence-corrected chi connectivity index (χ1v) is 5.33. The van der Waals surface area contributed by atoms with Crippen molar-refractivity contribution in [3.05, 3.63) is 29.3 Å². The van der Waals surface area contributed by atoms with Gasteiger partial charge in [0.1, 0.15) is 19.1 Å². The van der Waals surface area contributed by atoms with Crippen molar-refractivity contribution in [3.63, 3.8) is 0 Å². The third-order valence-corrected chi connectivity index (χ3v) is 3.18. The van der Waals surface area contributed by atoms with Gasteiger partial charge in [0.05, 0.1) is 11.6 Å². The summed E-state index contributed by atoms with van der Waals surface area (Å²) in [6.07, 6.45) is -0.175. The van der Waals surface area contributed by atoms with E-state index in [0.717, 1.165) is 0 Å². The van der Waals surface area contributed by atoms with Crippen LogP contribution in [-0.2, 0) is 6.42 Å². The molecule has 1 unspecified atom stereocenters. The van der Waals surface area contributed by atoms with Gasteiger partial charge in [0.15, 0.2) is 5.72 Å². The molecule has 18 heavy (non-hydrogen) atoms. The smallest absolute Gasteiger partial charge is 0.207 e. The predicted molar refractivity (Wildman–Crippen MR) is 59.3 cm³/mol. The molecule has 96 valence electrons. The molecule has 0 radical (unpaired) electrons.